The molecule has 0 aromatic heterocycles. The average Bonchev–Trinajstić information content (AvgIpc) is 3.15. The minimum Gasteiger partial charge on any atom is -0.491 e. The Morgan fingerprint density at radius 2 is 1.81 bits per heavy atom. The predicted octanol–water partition coefficient (Wildman–Crippen LogP) is 4.47. The van der Waals surface area contributed by atoms with Gasteiger partial charge in [0, 0.05) is 13.1 Å². The van der Waals surface area contributed by atoms with Crippen LogP contribution < -0.4 is 9.47 Å². The number of amides is 3. The number of hydrogen-bond acceptors (Lipinski definition) is 7. The van der Waals surface area contributed by atoms with Crippen molar-refractivity contribution in [2.45, 2.75) is 26.7 Å². The van der Waals surface area contributed by atoms with Gasteiger partial charge in [-0.1, -0.05) is 38.1 Å². The number of hydrogen-bond donors (Lipinski definition) is 0. The van der Waals surface area contributed by atoms with E-state index < -0.39 is 0 Å². The lowest BCUT2D eigenvalue weighted by Crippen LogP contribution is -2.42. The van der Waals surface area contributed by atoms with Gasteiger partial charge in [-0.3, -0.25) is 19.3 Å². The first kappa shape index (κ1) is 26.8. The number of carbonyl (C=O) groups excluding carboxylic acids is 3. The van der Waals surface area contributed by atoms with Gasteiger partial charge in [-0.15, -0.1) is 0 Å². The SMILES string of the molecule is Cc1ccc(C(C)C)c(OCCN2C(=O)S/C(=C\c3ccc(OCC(=O)N4CCOCC4)cc3)C2=O)c1. The predicted molar refractivity (Wildman–Crippen MR) is 143 cm³/mol. The number of ether oxygens (including phenoxy) is 3. The van der Waals surface area contributed by atoms with Crippen LogP contribution in [0.3, 0.4) is 0 Å². The molecule has 2 aromatic carbocycles. The van der Waals surface area contributed by atoms with Gasteiger partial charge in [-0.05, 0) is 65.6 Å². The summed E-state index contributed by atoms with van der Waals surface area (Å²) in [4.78, 5) is 40.9. The summed E-state index contributed by atoms with van der Waals surface area (Å²) in [5, 5.41) is -0.310. The van der Waals surface area contributed by atoms with E-state index in [1.807, 2.05) is 19.1 Å². The minimum absolute atomic E-state index is 0.0402. The van der Waals surface area contributed by atoms with Crippen LogP contribution in [0.4, 0.5) is 4.79 Å². The molecule has 0 unspecified atom stereocenters. The zero-order valence-corrected chi connectivity index (χ0v) is 22.2. The summed E-state index contributed by atoms with van der Waals surface area (Å²) < 4.78 is 16.8. The van der Waals surface area contributed by atoms with Crippen molar-refractivity contribution in [1.82, 2.24) is 9.80 Å². The van der Waals surface area contributed by atoms with Gasteiger partial charge in [0.05, 0.1) is 24.7 Å². The molecule has 0 radical (unpaired) electrons. The molecule has 37 heavy (non-hydrogen) atoms. The second-order valence-electron chi connectivity index (χ2n) is 9.23. The van der Waals surface area contributed by atoms with E-state index in [-0.39, 0.29) is 36.8 Å². The van der Waals surface area contributed by atoms with E-state index in [2.05, 4.69) is 19.9 Å². The summed E-state index contributed by atoms with van der Waals surface area (Å²) in [7, 11) is 0. The molecule has 0 spiro atoms. The molecule has 3 amide bonds. The fourth-order valence-electron chi connectivity index (χ4n) is 4.04. The molecule has 2 aliphatic heterocycles. The summed E-state index contributed by atoms with van der Waals surface area (Å²) in [5.41, 5.74) is 2.95. The van der Waals surface area contributed by atoms with Crippen LogP contribution in [0.2, 0.25) is 0 Å². The molecule has 2 aromatic rings. The van der Waals surface area contributed by atoms with Crippen molar-refractivity contribution in [3.63, 3.8) is 0 Å². The van der Waals surface area contributed by atoms with E-state index in [1.54, 1.807) is 35.2 Å². The molecule has 0 N–H and O–H groups in total. The molecule has 196 valence electrons. The molecule has 2 aliphatic rings. The van der Waals surface area contributed by atoms with Gasteiger partial charge in [0.1, 0.15) is 18.1 Å². The Balaban J connectivity index is 1.30. The van der Waals surface area contributed by atoms with Crippen LogP contribution in [0, 0.1) is 6.92 Å². The Hall–Kier alpha value is -3.30. The van der Waals surface area contributed by atoms with E-state index in [4.69, 9.17) is 14.2 Å². The molecule has 4 rings (SSSR count). The van der Waals surface area contributed by atoms with Crippen molar-refractivity contribution >= 4 is 34.9 Å². The highest BCUT2D eigenvalue weighted by atomic mass is 32.2. The number of aryl methyl sites for hydroxylation is 1. The lowest BCUT2D eigenvalue weighted by atomic mass is 10.0. The van der Waals surface area contributed by atoms with E-state index >= 15 is 0 Å². The summed E-state index contributed by atoms with van der Waals surface area (Å²) in [5.74, 6) is 1.24. The third kappa shape index (κ3) is 6.93. The molecule has 8 nitrogen and oxygen atoms in total. The Kier molecular flexibility index (Phi) is 8.89. The maximum absolute atomic E-state index is 12.9. The van der Waals surface area contributed by atoms with Crippen molar-refractivity contribution in [2.75, 3.05) is 46.1 Å². The van der Waals surface area contributed by atoms with Gasteiger partial charge in [0.25, 0.3) is 17.1 Å². The summed E-state index contributed by atoms with van der Waals surface area (Å²) >= 11 is 0.919. The zero-order valence-electron chi connectivity index (χ0n) is 21.4. The lowest BCUT2D eigenvalue weighted by Gasteiger charge is -2.26. The fourth-order valence-corrected chi connectivity index (χ4v) is 4.91. The average molecular weight is 525 g/mol. The molecular formula is C28H32N2O6S. The first-order chi connectivity index (χ1) is 17.8. The Labute approximate surface area is 221 Å². The van der Waals surface area contributed by atoms with Crippen LogP contribution in [0.5, 0.6) is 11.5 Å². The van der Waals surface area contributed by atoms with Crippen LogP contribution >= 0.6 is 11.8 Å². The van der Waals surface area contributed by atoms with E-state index in [0.29, 0.717) is 42.9 Å². The molecule has 2 heterocycles. The monoisotopic (exact) mass is 524 g/mol. The quantitative estimate of drug-likeness (QED) is 0.448. The minimum atomic E-state index is -0.330. The van der Waals surface area contributed by atoms with E-state index in [1.165, 1.54) is 4.90 Å². The van der Waals surface area contributed by atoms with Crippen molar-refractivity contribution in [2.24, 2.45) is 0 Å². The highest BCUT2D eigenvalue weighted by Gasteiger charge is 2.34. The smallest absolute Gasteiger partial charge is 0.293 e. The first-order valence-corrected chi connectivity index (χ1v) is 13.2. The maximum Gasteiger partial charge on any atom is 0.293 e. The highest BCUT2D eigenvalue weighted by molar-refractivity contribution is 8.18. The third-order valence-corrected chi connectivity index (χ3v) is 7.05. The maximum atomic E-state index is 12.9. The summed E-state index contributed by atoms with van der Waals surface area (Å²) in [6.07, 6.45) is 1.69. The molecule has 0 aliphatic carbocycles. The van der Waals surface area contributed by atoms with Gasteiger partial charge >= 0.3 is 0 Å². The number of carbonyl (C=O) groups is 3. The standard InChI is InChI=1S/C28H32N2O6S/c1-19(2)23-9-4-20(3)16-24(23)35-15-12-30-27(32)25(37-28(30)33)17-21-5-7-22(8-6-21)36-18-26(31)29-10-13-34-14-11-29/h4-9,16-17,19H,10-15,18H2,1-3H3/b25-17-. The molecule has 0 bridgehead atoms. The topological polar surface area (TPSA) is 85.4 Å². The van der Waals surface area contributed by atoms with E-state index in [9.17, 15) is 14.4 Å². The number of rotatable bonds is 9. The van der Waals surface area contributed by atoms with Gasteiger partial charge in [0.15, 0.2) is 6.61 Å². The second kappa shape index (κ2) is 12.3. The number of imide groups is 1. The number of morpholine rings is 1. The Bertz CT molecular complexity index is 1170. The number of thioether (sulfide) groups is 1. The molecule has 0 saturated carbocycles. The van der Waals surface area contributed by atoms with Crippen molar-refractivity contribution in [3.05, 3.63) is 64.1 Å². The summed E-state index contributed by atoms with van der Waals surface area (Å²) in [6, 6.07) is 13.1. The molecule has 0 atom stereocenters. The Morgan fingerprint density at radius 3 is 2.51 bits per heavy atom. The van der Waals surface area contributed by atoms with Gasteiger partial charge in [-0.2, -0.15) is 0 Å². The molecule has 2 fully saturated rings. The first-order valence-electron chi connectivity index (χ1n) is 12.4. The van der Waals surface area contributed by atoms with Crippen molar-refractivity contribution in [1.29, 1.82) is 0 Å². The largest absolute Gasteiger partial charge is 0.491 e. The lowest BCUT2D eigenvalue weighted by molar-refractivity contribution is -0.137. The van der Waals surface area contributed by atoms with Crippen LogP contribution in [0.25, 0.3) is 6.08 Å². The second-order valence-corrected chi connectivity index (χ2v) is 10.2. The van der Waals surface area contributed by atoms with Crippen molar-refractivity contribution < 1.29 is 28.6 Å². The number of nitrogens with zero attached hydrogens (tertiary/aromatic N) is 2. The molecule has 9 heteroatoms. The molecule has 2 saturated heterocycles. The zero-order chi connectivity index (χ0) is 26.4. The van der Waals surface area contributed by atoms with Gasteiger partial charge in [-0.25, -0.2) is 0 Å². The van der Waals surface area contributed by atoms with Gasteiger partial charge in [0.2, 0.25) is 0 Å². The van der Waals surface area contributed by atoms with Crippen LogP contribution in [0.15, 0.2) is 47.4 Å². The highest BCUT2D eigenvalue weighted by Crippen LogP contribution is 2.33. The summed E-state index contributed by atoms with van der Waals surface area (Å²) in [6.45, 7) is 8.81. The third-order valence-electron chi connectivity index (χ3n) is 6.14. The van der Waals surface area contributed by atoms with Crippen LogP contribution in [-0.2, 0) is 14.3 Å². The van der Waals surface area contributed by atoms with E-state index in [0.717, 1.165) is 34.2 Å². The normalized spacial score (nSPS) is 17.1. The fraction of sp³-hybridized carbons (Fsp3) is 0.393. The van der Waals surface area contributed by atoms with Crippen LogP contribution in [0.1, 0.15) is 36.5 Å². The van der Waals surface area contributed by atoms with Crippen molar-refractivity contribution in [3.8, 4) is 11.5 Å². The van der Waals surface area contributed by atoms with Gasteiger partial charge < -0.3 is 19.1 Å². The Morgan fingerprint density at radius 1 is 1.08 bits per heavy atom. The molecular weight excluding hydrogens is 492 g/mol. The van der Waals surface area contributed by atoms with Crippen LogP contribution in [-0.4, -0.2) is 72.9 Å². The number of benzene rings is 2.